The molecule has 0 aromatic heterocycles. The van der Waals surface area contributed by atoms with E-state index in [0.717, 1.165) is 45.2 Å². The van der Waals surface area contributed by atoms with Crippen molar-refractivity contribution in [2.45, 2.75) is 69.8 Å². The molecule has 5 fully saturated rings. The molecule has 1 amide bonds. The minimum atomic E-state index is -0.661. The number of rotatable bonds is 4. The molecule has 3 unspecified atom stereocenters. The van der Waals surface area contributed by atoms with Crippen molar-refractivity contribution in [3.05, 3.63) is 35.9 Å². The Labute approximate surface area is 167 Å². The Bertz CT molecular complexity index is 753. The van der Waals surface area contributed by atoms with Crippen molar-refractivity contribution >= 4 is 11.9 Å². The Hall–Kier alpha value is -1.84. The van der Waals surface area contributed by atoms with Gasteiger partial charge in [0.1, 0.15) is 0 Å². The van der Waals surface area contributed by atoms with Gasteiger partial charge in [-0.3, -0.25) is 9.59 Å². The highest BCUT2D eigenvalue weighted by Gasteiger charge is 2.61. The lowest BCUT2D eigenvalue weighted by molar-refractivity contribution is -0.182. The van der Waals surface area contributed by atoms with E-state index >= 15 is 0 Å². The zero-order valence-electron chi connectivity index (χ0n) is 16.9. The fraction of sp³-hybridized carbons (Fsp3) is 0.667. The van der Waals surface area contributed by atoms with Gasteiger partial charge >= 0.3 is 5.97 Å². The van der Waals surface area contributed by atoms with E-state index < -0.39 is 6.10 Å². The first-order valence-electron chi connectivity index (χ1n) is 11.1. The van der Waals surface area contributed by atoms with E-state index in [2.05, 4.69) is 30.3 Å². The molecule has 0 spiro atoms. The maximum absolute atomic E-state index is 13.4. The predicted octanol–water partition coefficient (Wildman–Crippen LogP) is 4.08. The highest BCUT2D eigenvalue weighted by molar-refractivity contribution is 5.85. The summed E-state index contributed by atoms with van der Waals surface area (Å²) in [5, 5.41) is 0. The van der Waals surface area contributed by atoms with E-state index in [-0.39, 0.29) is 22.7 Å². The van der Waals surface area contributed by atoms with Gasteiger partial charge in [-0.25, -0.2) is 0 Å². The summed E-state index contributed by atoms with van der Waals surface area (Å²) < 4.78 is 5.86. The lowest BCUT2D eigenvalue weighted by Gasteiger charge is -2.61. The van der Waals surface area contributed by atoms with E-state index in [1.165, 1.54) is 24.8 Å². The molecule has 150 valence electrons. The Morgan fingerprint density at radius 3 is 2.32 bits per heavy atom. The number of hydrogen-bond donors (Lipinski definition) is 0. The summed E-state index contributed by atoms with van der Waals surface area (Å²) in [5.41, 5.74) is 1.12. The number of nitrogens with zero attached hydrogens (tertiary/aromatic N) is 1. The van der Waals surface area contributed by atoms with Gasteiger partial charge in [-0.1, -0.05) is 30.3 Å². The van der Waals surface area contributed by atoms with Crippen LogP contribution in [-0.4, -0.2) is 36.0 Å². The number of hydrogen-bond acceptors (Lipinski definition) is 3. The van der Waals surface area contributed by atoms with E-state index in [1.807, 2.05) is 4.90 Å². The molecule has 0 N–H and O–H groups in total. The van der Waals surface area contributed by atoms with Crippen LogP contribution >= 0.6 is 0 Å². The van der Waals surface area contributed by atoms with Crippen molar-refractivity contribution in [3.63, 3.8) is 0 Å². The summed E-state index contributed by atoms with van der Waals surface area (Å²) in [6, 6.07) is 10.8. The van der Waals surface area contributed by atoms with E-state index in [9.17, 15) is 9.59 Å². The number of carbonyl (C=O) groups is 2. The summed E-state index contributed by atoms with van der Waals surface area (Å²) in [7, 11) is 0. The summed E-state index contributed by atoms with van der Waals surface area (Å²) in [5.74, 6) is 1.09. The van der Waals surface area contributed by atoms with Crippen molar-refractivity contribution in [1.29, 1.82) is 0 Å². The molecule has 3 atom stereocenters. The number of benzene rings is 1. The third-order valence-electron chi connectivity index (χ3n) is 7.93. The number of carbonyl (C=O) groups excluding carboxylic acids is 2. The molecule has 4 nitrogen and oxygen atoms in total. The van der Waals surface area contributed by atoms with Crippen LogP contribution in [0, 0.1) is 17.3 Å². The van der Waals surface area contributed by atoms with Gasteiger partial charge in [0.25, 0.3) is 5.91 Å². The largest absolute Gasteiger partial charge is 0.452 e. The lowest BCUT2D eigenvalue weighted by atomic mass is 9.43. The smallest absolute Gasteiger partial charge is 0.312 e. The minimum Gasteiger partial charge on any atom is -0.452 e. The normalized spacial score (nSPS) is 37.1. The van der Waals surface area contributed by atoms with Gasteiger partial charge in [0.05, 0.1) is 5.41 Å². The van der Waals surface area contributed by atoms with E-state index in [0.29, 0.717) is 11.8 Å². The Kier molecular flexibility index (Phi) is 4.29. The fourth-order valence-corrected chi connectivity index (χ4v) is 7.16. The monoisotopic (exact) mass is 381 g/mol. The number of ether oxygens (including phenoxy) is 1. The number of amides is 1. The average molecular weight is 382 g/mol. The molecular weight excluding hydrogens is 350 g/mol. The molecule has 1 aromatic carbocycles. The first-order chi connectivity index (χ1) is 13.5. The molecule has 6 rings (SSSR count). The molecule has 1 aliphatic heterocycles. The fourth-order valence-electron chi connectivity index (χ4n) is 7.16. The summed E-state index contributed by atoms with van der Waals surface area (Å²) in [4.78, 5) is 27.9. The van der Waals surface area contributed by atoms with E-state index in [4.69, 9.17) is 4.74 Å². The third kappa shape index (κ3) is 2.87. The quantitative estimate of drug-likeness (QED) is 0.739. The molecule has 4 aliphatic carbocycles. The topological polar surface area (TPSA) is 46.6 Å². The van der Waals surface area contributed by atoms with Gasteiger partial charge in [-0.2, -0.15) is 0 Å². The first-order valence-corrected chi connectivity index (χ1v) is 11.1. The van der Waals surface area contributed by atoms with E-state index in [1.54, 1.807) is 6.92 Å². The van der Waals surface area contributed by atoms with Crippen LogP contribution in [0.25, 0.3) is 0 Å². The molecular formula is C24H31NO3. The first kappa shape index (κ1) is 18.2. The van der Waals surface area contributed by atoms with Crippen LogP contribution in [-0.2, 0) is 19.7 Å². The molecule has 0 radical (unpaired) electrons. The molecule has 4 saturated carbocycles. The standard InChI is InChI=1S/C24H31NO3/c1-17(21(26)25-9-5-6-10-25)28-22(27)24-14-18-11-19(15-24)13-23(12-18,16-24)20-7-3-2-4-8-20/h2-4,7-8,17-19H,5-6,9-16H2,1H3. The predicted molar refractivity (Wildman–Crippen MR) is 107 cm³/mol. The van der Waals surface area contributed by atoms with Gasteiger partial charge in [-0.15, -0.1) is 0 Å². The molecule has 4 bridgehead atoms. The van der Waals surface area contributed by atoms with Crippen LogP contribution in [0.15, 0.2) is 30.3 Å². The van der Waals surface area contributed by atoms with Crippen molar-refractivity contribution in [1.82, 2.24) is 4.90 Å². The second-order valence-corrected chi connectivity index (χ2v) is 9.97. The molecule has 1 aromatic rings. The Morgan fingerprint density at radius 1 is 1.04 bits per heavy atom. The zero-order valence-corrected chi connectivity index (χ0v) is 16.9. The van der Waals surface area contributed by atoms with Gasteiger partial charge in [0.2, 0.25) is 0 Å². The Balaban J connectivity index is 1.37. The zero-order chi connectivity index (χ0) is 19.4. The van der Waals surface area contributed by atoms with Crippen LogP contribution in [0.5, 0.6) is 0 Å². The van der Waals surface area contributed by atoms with Crippen LogP contribution in [0.4, 0.5) is 0 Å². The highest BCUT2D eigenvalue weighted by atomic mass is 16.5. The number of esters is 1. The maximum atomic E-state index is 13.4. The molecule has 1 saturated heterocycles. The van der Waals surface area contributed by atoms with Gasteiger partial charge in [0, 0.05) is 13.1 Å². The molecule has 28 heavy (non-hydrogen) atoms. The van der Waals surface area contributed by atoms with Crippen LogP contribution in [0.2, 0.25) is 0 Å². The van der Waals surface area contributed by atoms with Crippen molar-refractivity contribution in [2.75, 3.05) is 13.1 Å². The highest BCUT2D eigenvalue weighted by Crippen LogP contribution is 2.66. The van der Waals surface area contributed by atoms with Gasteiger partial charge < -0.3 is 9.64 Å². The van der Waals surface area contributed by atoms with Crippen LogP contribution in [0.3, 0.4) is 0 Å². The molecule has 1 heterocycles. The van der Waals surface area contributed by atoms with Crippen LogP contribution in [0.1, 0.15) is 63.9 Å². The van der Waals surface area contributed by atoms with Crippen molar-refractivity contribution < 1.29 is 14.3 Å². The minimum absolute atomic E-state index is 0.0200. The van der Waals surface area contributed by atoms with Crippen LogP contribution < -0.4 is 0 Å². The SMILES string of the molecule is CC(OC(=O)C12CC3CC(C1)CC(c1ccccc1)(C3)C2)C(=O)N1CCCC1. The second-order valence-electron chi connectivity index (χ2n) is 9.97. The number of likely N-dealkylation sites (tertiary alicyclic amines) is 1. The van der Waals surface area contributed by atoms with Gasteiger partial charge in [-0.05, 0) is 81.1 Å². The second kappa shape index (κ2) is 6.60. The maximum Gasteiger partial charge on any atom is 0.312 e. The summed E-state index contributed by atoms with van der Waals surface area (Å²) in [6.07, 6.45) is 7.88. The summed E-state index contributed by atoms with van der Waals surface area (Å²) >= 11 is 0. The average Bonchev–Trinajstić information content (AvgIpc) is 3.22. The summed E-state index contributed by atoms with van der Waals surface area (Å²) in [6.45, 7) is 3.35. The van der Waals surface area contributed by atoms with Crippen molar-refractivity contribution in [3.8, 4) is 0 Å². The lowest BCUT2D eigenvalue weighted by Crippen LogP contribution is -2.57. The molecule has 4 heteroatoms. The Morgan fingerprint density at radius 2 is 1.68 bits per heavy atom. The van der Waals surface area contributed by atoms with Crippen molar-refractivity contribution in [2.24, 2.45) is 17.3 Å². The van der Waals surface area contributed by atoms with Gasteiger partial charge in [0.15, 0.2) is 6.10 Å². The molecule has 5 aliphatic rings. The third-order valence-corrected chi connectivity index (χ3v) is 7.93.